The quantitative estimate of drug-likeness (QED) is 0.436. The molecule has 0 amide bonds. The van der Waals surface area contributed by atoms with Gasteiger partial charge in [-0.2, -0.15) is 0 Å². The fraction of sp³-hybridized carbons (Fsp3) is 0.227. The first-order valence-corrected chi connectivity index (χ1v) is 11.6. The van der Waals surface area contributed by atoms with Crippen LogP contribution in [0.1, 0.15) is 11.1 Å². The Labute approximate surface area is 187 Å². The van der Waals surface area contributed by atoms with Crippen molar-refractivity contribution in [1.82, 2.24) is 9.55 Å². The number of alkyl halides is 2. The molecule has 0 saturated heterocycles. The van der Waals surface area contributed by atoms with E-state index in [1.165, 1.54) is 31.6 Å². The van der Waals surface area contributed by atoms with Gasteiger partial charge < -0.3 is 14.8 Å². The van der Waals surface area contributed by atoms with Gasteiger partial charge in [-0.1, -0.05) is 12.1 Å². The molecule has 0 aliphatic carbocycles. The number of benzene rings is 2. The first kappa shape index (κ1) is 22.7. The first-order valence-electron chi connectivity index (χ1n) is 9.79. The molecule has 2 heterocycles. The Morgan fingerprint density at radius 3 is 2.39 bits per heavy atom. The summed E-state index contributed by atoms with van der Waals surface area (Å²) in [6, 6.07) is 7.47. The molecule has 0 bridgehead atoms. The van der Waals surface area contributed by atoms with Gasteiger partial charge in [0.2, 0.25) is 15.9 Å². The second-order valence-corrected chi connectivity index (χ2v) is 9.77. The summed E-state index contributed by atoms with van der Waals surface area (Å²) in [7, 11) is -2.53. The zero-order chi connectivity index (χ0) is 24.1. The van der Waals surface area contributed by atoms with Crippen molar-refractivity contribution >= 4 is 37.4 Å². The maximum atomic E-state index is 13.2. The molecule has 2 aromatic heterocycles. The Hall–Kier alpha value is -3.47. The molecule has 0 radical (unpaired) electrons. The molecule has 0 atom stereocenters. The summed E-state index contributed by atoms with van der Waals surface area (Å²) in [5.41, 5.74) is 1.51. The van der Waals surface area contributed by atoms with E-state index < -0.39 is 34.6 Å². The van der Waals surface area contributed by atoms with Gasteiger partial charge in [-0.15, -0.1) is 0 Å². The summed E-state index contributed by atoms with van der Waals surface area (Å²) >= 11 is 0. The van der Waals surface area contributed by atoms with E-state index >= 15 is 0 Å². The van der Waals surface area contributed by atoms with E-state index in [1.54, 1.807) is 18.2 Å². The second-order valence-electron chi connectivity index (χ2n) is 7.76. The van der Waals surface area contributed by atoms with Crippen LogP contribution in [0.3, 0.4) is 0 Å². The number of fused-ring (bicyclic) bond motifs is 2. The molecule has 4 aromatic rings. The fourth-order valence-electron chi connectivity index (χ4n) is 3.83. The Morgan fingerprint density at radius 2 is 1.79 bits per heavy atom. The Bertz CT molecular complexity index is 1470. The van der Waals surface area contributed by atoms with Gasteiger partial charge in [-0.3, -0.25) is 9.29 Å². The van der Waals surface area contributed by atoms with Gasteiger partial charge >= 0.3 is 0 Å². The highest BCUT2D eigenvalue weighted by Crippen LogP contribution is 2.46. The lowest BCUT2D eigenvalue weighted by atomic mass is 10.0. The van der Waals surface area contributed by atoms with E-state index in [0.29, 0.717) is 12.0 Å². The van der Waals surface area contributed by atoms with Crippen molar-refractivity contribution in [2.24, 2.45) is 0 Å². The van der Waals surface area contributed by atoms with E-state index in [4.69, 9.17) is 0 Å². The summed E-state index contributed by atoms with van der Waals surface area (Å²) in [5, 5.41) is 21.5. The molecule has 2 aromatic carbocycles. The van der Waals surface area contributed by atoms with Gasteiger partial charge in [0, 0.05) is 30.2 Å². The van der Waals surface area contributed by atoms with Gasteiger partial charge in [-0.05, 0) is 35.7 Å². The summed E-state index contributed by atoms with van der Waals surface area (Å²) in [4.78, 5) is 4.27. The molecule has 33 heavy (non-hydrogen) atoms. The highest BCUT2D eigenvalue weighted by atomic mass is 32.2. The predicted molar refractivity (Wildman–Crippen MR) is 119 cm³/mol. The van der Waals surface area contributed by atoms with Crippen LogP contribution < -0.4 is 4.31 Å². The predicted octanol–water partition coefficient (Wildman–Crippen LogP) is 3.99. The monoisotopic (exact) mass is 479 g/mol. The number of phenolic OH excluding ortho intramolecular Hbond substituents is 1. The van der Waals surface area contributed by atoms with Crippen LogP contribution in [0.2, 0.25) is 0 Å². The minimum atomic E-state index is -3.81. The molecule has 7 nitrogen and oxygen atoms in total. The van der Waals surface area contributed by atoms with Crippen LogP contribution in [-0.2, 0) is 23.0 Å². The highest BCUT2D eigenvalue weighted by Gasteiger charge is 2.27. The normalized spacial score (nSPS) is 12.2. The smallest absolute Gasteiger partial charge is 0.256 e. The molecule has 0 unspecified atom stereocenters. The number of aromatic hydroxyl groups is 2. The zero-order valence-corrected chi connectivity index (χ0v) is 18.4. The molecule has 0 saturated carbocycles. The number of hydrogen-bond donors (Lipinski definition) is 2. The van der Waals surface area contributed by atoms with E-state index in [2.05, 4.69) is 4.98 Å². The number of aromatic nitrogens is 2. The van der Waals surface area contributed by atoms with Crippen LogP contribution in [0, 0.1) is 5.82 Å². The summed E-state index contributed by atoms with van der Waals surface area (Å²) in [6.07, 6.45) is 1.19. The summed E-state index contributed by atoms with van der Waals surface area (Å²) in [5.74, 6) is -1.46. The molecule has 0 fully saturated rings. The third-order valence-corrected chi connectivity index (χ3v) is 6.61. The number of sulfonamides is 1. The number of anilines is 1. The number of rotatable bonds is 6. The van der Waals surface area contributed by atoms with Crippen LogP contribution in [-0.4, -0.2) is 47.9 Å². The van der Waals surface area contributed by atoms with E-state index in [9.17, 15) is 31.8 Å². The Balaban J connectivity index is 2.01. The topological polar surface area (TPSA) is 95.7 Å². The SMILES string of the molecule is CN(c1c2cc(Cc3ccc(F)cc3)cnc2c(O)c2c(O)n(CC(F)F)cc12)S(C)(=O)=O. The molecular formula is C22H20F3N3O4S. The van der Waals surface area contributed by atoms with Crippen LogP contribution in [0.4, 0.5) is 18.9 Å². The van der Waals surface area contributed by atoms with Crippen LogP contribution in [0.25, 0.3) is 21.7 Å². The number of halogens is 3. The summed E-state index contributed by atoms with van der Waals surface area (Å²) in [6.45, 7) is -0.846. The number of phenols is 1. The molecule has 0 aliphatic rings. The summed E-state index contributed by atoms with van der Waals surface area (Å²) < 4.78 is 65.8. The van der Waals surface area contributed by atoms with Crippen LogP contribution in [0.15, 0.2) is 42.7 Å². The number of nitrogens with zero attached hydrogens (tertiary/aromatic N) is 3. The van der Waals surface area contributed by atoms with Gasteiger partial charge in [0.15, 0.2) is 5.75 Å². The molecule has 11 heteroatoms. The second kappa shape index (κ2) is 8.14. The standard InChI is InChI=1S/C22H20F3N3O4S/c1-27(33(2,31)32)20-15-8-13(7-12-3-5-14(23)6-4-12)9-26-19(15)21(29)18-16(20)10-28(22(18)30)11-17(24)25/h3-6,8-10,17,29-30H,7,11H2,1-2H3. The third kappa shape index (κ3) is 4.15. The van der Waals surface area contributed by atoms with Gasteiger partial charge in [0.25, 0.3) is 6.43 Å². The minimum Gasteiger partial charge on any atom is -0.505 e. The highest BCUT2D eigenvalue weighted by molar-refractivity contribution is 7.92. The van der Waals surface area contributed by atoms with E-state index in [1.807, 2.05) is 0 Å². The maximum absolute atomic E-state index is 13.2. The zero-order valence-electron chi connectivity index (χ0n) is 17.6. The van der Waals surface area contributed by atoms with E-state index in [-0.39, 0.29) is 33.2 Å². The van der Waals surface area contributed by atoms with Crippen molar-refractivity contribution in [2.45, 2.75) is 19.4 Å². The maximum Gasteiger partial charge on any atom is 0.256 e. The number of pyridine rings is 1. The van der Waals surface area contributed by atoms with E-state index in [0.717, 1.165) is 20.7 Å². The van der Waals surface area contributed by atoms with Crippen molar-refractivity contribution < 1.29 is 31.8 Å². The van der Waals surface area contributed by atoms with Gasteiger partial charge in [-0.25, -0.2) is 21.6 Å². The third-order valence-electron chi connectivity index (χ3n) is 5.43. The Morgan fingerprint density at radius 1 is 1.12 bits per heavy atom. The van der Waals surface area contributed by atoms with Crippen LogP contribution in [0.5, 0.6) is 11.6 Å². The van der Waals surface area contributed by atoms with Crippen molar-refractivity contribution in [3.8, 4) is 11.6 Å². The van der Waals surface area contributed by atoms with Crippen LogP contribution >= 0.6 is 0 Å². The minimum absolute atomic E-state index is 0.000882. The largest absolute Gasteiger partial charge is 0.505 e. The van der Waals surface area contributed by atoms with Crippen molar-refractivity contribution in [2.75, 3.05) is 17.6 Å². The lowest BCUT2D eigenvalue weighted by Gasteiger charge is -2.21. The average Bonchev–Trinajstić information content (AvgIpc) is 3.04. The lowest BCUT2D eigenvalue weighted by molar-refractivity contribution is 0.123. The first-order chi connectivity index (χ1) is 15.5. The molecule has 0 aliphatic heterocycles. The Kier molecular flexibility index (Phi) is 5.61. The molecule has 174 valence electrons. The molecule has 4 rings (SSSR count). The van der Waals surface area contributed by atoms with Crippen molar-refractivity contribution in [3.05, 3.63) is 59.7 Å². The average molecular weight is 479 g/mol. The number of hydrogen-bond acceptors (Lipinski definition) is 5. The fourth-order valence-corrected chi connectivity index (χ4v) is 4.36. The van der Waals surface area contributed by atoms with Crippen molar-refractivity contribution in [1.29, 1.82) is 0 Å². The molecule has 0 spiro atoms. The lowest BCUT2D eigenvalue weighted by Crippen LogP contribution is -2.25. The van der Waals surface area contributed by atoms with Crippen molar-refractivity contribution in [3.63, 3.8) is 0 Å². The van der Waals surface area contributed by atoms with Gasteiger partial charge in [0.05, 0.1) is 23.9 Å². The molecule has 2 N–H and O–H groups in total. The van der Waals surface area contributed by atoms with Gasteiger partial charge in [0.1, 0.15) is 11.3 Å². The molecular weight excluding hydrogens is 459 g/mol.